The van der Waals surface area contributed by atoms with E-state index in [-0.39, 0.29) is 11.0 Å². The first-order chi connectivity index (χ1) is 8.67. The van der Waals surface area contributed by atoms with Gasteiger partial charge in [0.2, 0.25) is 0 Å². The van der Waals surface area contributed by atoms with Crippen LogP contribution >= 0.6 is 0 Å². The minimum Gasteiger partial charge on any atom is -0.465 e. The smallest absolute Gasteiger partial charge is 0.337 e. The molecule has 0 aliphatic carbocycles. The second-order valence-electron chi connectivity index (χ2n) is 6.08. The highest BCUT2D eigenvalue weighted by atomic mass is 28.4. The third-order valence-electron chi connectivity index (χ3n) is 3.62. The summed E-state index contributed by atoms with van der Waals surface area (Å²) in [7, 11) is -0.427. The third kappa shape index (κ3) is 4.14. The van der Waals surface area contributed by atoms with Gasteiger partial charge in [0, 0.05) is 6.20 Å². The fourth-order valence-corrected chi connectivity index (χ4v) is 2.21. The molecule has 0 radical (unpaired) electrons. The van der Waals surface area contributed by atoms with Crippen molar-refractivity contribution in [2.24, 2.45) is 0 Å². The zero-order chi connectivity index (χ0) is 14.7. The molecule has 0 atom stereocenters. The van der Waals surface area contributed by atoms with E-state index in [1.54, 1.807) is 18.3 Å². The number of methoxy groups -OCH3 is 1. The largest absolute Gasteiger partial charge is 0.465 e. The first-order valence-corrected chi connectivity index (χ1v) is 9.25. The standard InChI is InChI=1S/C14H23NO3Si/c1-14(2,3)19(5,6)18-10-12-9-11(7-8-15-12)13(16)17-4/h7-9H,10H2,1-6H3. The van der Waals surface area contributed by atoms with Gasteiger partial charge in [-0.05, 0) is 30.3 Å². The average molecular weight is 281 g/mol. The van der Waals surface area contributed by atoms with Gasteiger partial charge in [0.25, 0.3) is 0 Å². The number of rotatable bonds is 4. The van der Waals surface area contributed by atoms with E-state index in [1.807, 2.05) is 0 Å². The molecule has 0 saturated carbocycles. The molecule has 1 rings (SSSR count). The first-order valence-electron chi connectivity index (χ1n) is 6.34. The lowest BCUT2D eigenvalue weighted by Crippen LogP contribution is -2.40. The minimum atomic E-state index is -1.80. The molecule has 0 aliphatic rings. The van der Waals surface area contributed by atoms with Crippen LogP contribution in [0.1, 0.15) is 36.8 Å². The Hall–Kier alpha value is -1.20. The maximum absolute atomic E-state index is 11.4. The molecule has 0 spiro atoms. The predicted molar refractivity (Wildman–Crippen MR) is 77.6 cm³/mol. The molecule has 5 heteroatoms. The number of carbonyl (C=O) groups is 1. The Bertz CT molecular complexity index is 452. The fourth-order valence-electron chi connectivity index (χ4n) is 1.27. The van der Waals surface area contributed by atoms with Crippen LogP contribution in [0.5, 0.6) is 0 Å². The molecule has 0 aliphatic heterocycles. The van der Waals surface area contributed by atoms with E-state index in [2.05, 4.69) is 38.8 Å². The summed E-state index contributed by atoms with van der Waals surface area (Å²) in [6.07, 6.45) is 1.61. The minimum absolute atomic E-state index is 0.160. The van der Waals surface area contributed by atoms with E-state index < -0.39 is 8.32 Å². The maximum Gasteiger partial charge on any atom is 0.337 e. The lowest BCUT2D eigenvalue weighted by atomic mass is 10.2. The van der Waals surface area contributed by atoms with Crippen LogP contribution in [0, 0.1) is 0 Å². The molecule has 0 fully saturated rings. The number of hydrogen-bond donors (Lipinski definition) is 0. The number of pyridine rings is 1. The monoisotopic (exact) mass is 281 g/mol. The lowest BCUT2D eigenvalue weighted by molar-refractivity contribution is 0.0600. The zero-order valence-electron chi connectivity index (χ0n) is 12.6. The van der Waals surface area contributed by atoms with Crippen molar-refractivity contribution in [3.8, 4) is 0 Å². The number of hydrogen-bond acceptors (Lipinski definition) is 4. The van der Waals surface area contributed by atoms with Gasteiger partial charge in [-0.2, -0.15) is 0 Å². The van der Waals surface area contributed by atoms with Crippen LogP contribution in [-0.4, -0.2) is 26.4 Å². The molecule has 1 aromatic rings. The second kappa shape index (κ2) is 5.84. The summed E-state index contributed by atoms with van der Waals surface area (Å²) in [5.74, 6) is -0.351. The Balaban J connectivity index is 2.76. The van der Waals surface area contributed by atoms with Gasteiger partial charge in [0.1, 0.15) is 0 Å². The molecule has 1 heterocycles. The van der Waals surface area contributed by atoms with E-state index in [0.717, 1.165) is 5.69 Å². The number of ether oxygens (including phenoxy) is 1. The summed E-state index contributed by atoms with van der Waals surface area (Å²) >= 11 is 0. The molecule has 106 valence electrons. The first kappa shape index (κ1) is 15.9. The molecular formula is C14H23NO3Si. The highest BCUT2D eigenvalue weighted by molar-refractivity contribution is 6.74. The number of esters is 1. The quantitative estimate of drug-likeness (QED) is 0.627. The van der Waals surface area contributed by atoms with Gasteiger partial charge >= 0.3 is 5.97 Å². The molecule has 0 saturated heterocycles. The molecule has 4 nitrogen and oxygen atoms in total. The Kier molecular flexibility index (Phi) is 4.87. The fraction of sp³-hybridized carbons (Fsp3) is 0.571. The third-order valence-corrected chi connectivity index (χ3v) is 8.10. The van der Waals surface area contributed by atoms with Crippen molar-refractivity contribution in [3.05, 3.63) is 29.6 Å². The Morgan fingerprint density at radius 3 is 2.53 bits per heavy atom. The summed E-state index contributed by atoms with van der Waals surface area (Å²) in [6.45, 7) is 11.4. The van der Waals surface area contributed by atoms with Crippen LogP contribution < -0.4 is 0 Å². The van der Waals surface area contributed by atoms with Gasteiger partial charge in [0.15, 0.2) is 8.32 Å². The number of aromatic nitrogens is 1. The van der Waals surface area contributed by atoms with Gasteiger partial charge in [-0.25, -0.2) is 4.79 Å². The highest BCUT2D eigenvalue weighted by Gasteiger charge is 2.37. The van der Waals surface area contributed by atoms with Gasteiger partial charge in [-0.3, -0.25) is 4.98 Å². The summed E-state index contributed by atoms with van der Waals surface area (Å²) in [6, 6.07) is 3.36. The molecule has 1 aromatic heterocycles. The summed E-state index contributed by atoms with van der Waals surface area (Å²) in [5.41, 5.74) is 1.26. The van der Waals surface area contributed by atoms with Crippen molar-refractivity contribution in [1.29, 1.82) is 0 Å². The van der Waals surface area contributed by atoms with Crippen molar-refractivity contribution < 1.29 is 14.0 Å². The van der Waals surface area contributed by atoms with E-state index >= 15 is 0 Å². The summed E-state index contributed by atoms with van der Waals surface area (Å²) in [4.78, 5) is 15.7. The van der Waals surface area contributed by atoms with Gasteiger partial charge in [-0.1, -0.05) is 20.8 Å². The van der Waals surface area contributed by atoms with E-state index in [0.29, 0.717) is 12.2 Å². The Morgan fingerprint density at radius 2 is 2.00 bits per heavy atom. The van der Waals surface area contributed by atoms with Crippen LogP contribution in [0.25, 0.3) is 0 Å². The lowest BCUT2D eigenvalue weighted by Gasteiger charge is -2.36. The maximum atomic E-state index is 11.4. The van der Waals surface area contributed by atoms with Crippen LogP contribution in [-0.2, 0) is 15.8 Å². The molecule has 19 heavy (non-hydrogen) atoms. The molecule has 0 unspecified atom stereocenters. The van der Waals surface area contributed by atoms with Crippen LogP contribution in [0.15, 0.2) is 18.3 Å². The van der Waals surface area contributed by atoms with Crippen molar-refractivity contribution in [1.82, 2.24) is 4.98 Å². The average Bonchev–Trinajstić information content (AvgIpc) is 2.34. The van der Waals surface area contributed by atoms with E-state index in [1.165, 1.54) is 7.11 Å². The zero-order valence-corrected chi connectivity index (χ0v) is 13.6. The summed E-state index contributed by atoms with van der Waals surface area (Å²) < 4.78 is 10.8. The highest BCUT2D eigenvalue weighted by Crippen LogP contribution is 2.36. The topological polar surface area (TPSA) is 48.4 Å². The SMILES string of the molecule is COC(=O)c1ccnc(CO[Si](C)(C)C(C)(C)C)c1. The van der Waals surface area contributed by atoms with Crippen molar-refractivity contribution >= 4 is 14.3 Å². The predicted octanol–water partition coefficient (Wildman–Crippen LogP) is 3.39. The number of carbonyl (C=O) groups excluding carboxylic acids is 1. The van der Waals surface area contributed by atoms with Gasteiger partial charge in [0.05, 0.1) is 25.0 Å². The normalized spacial score (nSPS) is 12.3. The Morgan fingerprint density at radius 1 is 1.37 bits per heavy atom. The van der Waals surface area contributed by atoms with E-state index in [9.17, 15) is 4.79 Å². The molecule has 0 bridgehead atoms. The molecular weight excluding hydrogens is 258 g/mol. The second-order valence-corrected chi connectivity index (χ2v) is 10.9. The van der Waals surface area contributed by atoms with Gasteiger partial charge in [-0.15, -0.1) is 0 Å². The van der Waals surface area contributed by atoms with Gasteiger partial charge < -0.3 is 9.16 Å². The van der Waals surface area contributed by atoms with Crippen molar-refractivity contribution in [2.45, 2.75) is 45.5 Å². The van der Waals surface area contributed by atoms with Crippen molar-refractivity contribution in [3.63, 3.8) is 0 Å². The van der Waals surface area contributed by atoms with Crippen LogP contribution in [0.2, 0.25) is 18.1 Å². The van der Waals surface area contributed by atoms with Crippen LogP contribution in [0.3, 0.4) is 0 Å². The molecule has 0 aromatic carbocycles. The molecule has 0 N–H and O–H groups in total. The summed E-state index contributed by atoms with van der Waals surface area (Å²) in [5, 5.41) is 0.160. The van der Waals surface area contributed by atoms with Crippen molar-refractivity contribution in [2.75, 3.05) is 7.11 Å². The molecule has 0 amide bonds. The Labute approximate surface area is 116 Å². The number of nitrogens with zero attached hydrogens (tertiary/aromatic N) is 1. The van der Waals surface area contributed by atoms with E-state index in [4.69, 9.17) is 9.16 Å². The van der Waals surface area contributed by atoms with Crippen LogP contribution in [0.4, 0.5) is 0 Å².